The Bertz CT molecular complexity index is 1720. The topological polar surface area (TPSA) is 213 Å². The van der Waals surface area contributed by atoms with E-state index in [4.69, 9.17) is 23.7 Å². The van der Waals surface area contributed by atoms with Crippen molar-refractivity contribution in [2.45, 2.75) is 155 Å². The Morgan fingerprint density at radius 2 is 1.78 bits per heavy atom. The molecule has 1 saturated carbocycles. The van der Waals surface area contributed by atoms with Gasteiger partial charge in [0.2, 0.25) is 5.60 Å². The molecule has 2 aromatic heterocycles. The van der Waals surface area contributed by atoms with E-state index in [0.717, 1.165) is 44.9 Å². The molecule has 0 unspecified atom stereocenters. The van der Waals surface area contributed by atoms with Crippen LogP contribution in [0.15, 0.2) is 18.5 Å². The highest BCUT2D eigenvalue weighted by molar-refractivity contribution is 5.98. The molecule has 0 radical (unpaired) electrons. The van der Waals surface area contributed by atoms with Crippen molar-refractivity contribution in [3.8, 4) is 6.07 Å². The van der Waals surface area contributed by atoms with Crippen molar-refractivity contribution in [3.05, 3.63) is 24.2 Å². The molecule has 2 aliphatic rings. The normalized spacial score (nSPS) is 22.7. The third-order valence-electron chi connectivity index (χ3n) is 9.77. The third-order valence-corrected chi connectivity index (χ3v) is 9.77. The van der Waals surface area contributed by atoms with Gasteiger partial charge in [0.25, 0.3) is 5.91 Å². The first-order chi connectivity index (χ1) is 25.7. The van der Waals surface area contributed by atoms with Crippen molar-refractivity contribution >= 4 is 35.3 Å². The second kappa shape index (κ2) is 17.6. The first-order valence-electron chi connectivity index (χ1n) is 19.1. The summed E-state index contributed by atoms with van der Waals surface area (Å²) in [6.07, 6.45) is 2.51. The largest absolute Gasteiger partial charge is 0.463 e. The van der Waals surface area contributed by atoms with Gasteiger partial charge in [0, 0.05) is 13.0 Å². The number of hydrogen-bond donors (Lipinski definition) is 3. The Morgan fingerprint density at radius 1 is 1.09 bits per heavy atom. The fraction of sp³-hybridized carbons (Fsp3) is 0.718. The number of amides is 2. The summed E-state index contributed by atoms with van der Waals surface area (Å²) in [6.45, 7) is 15.4. The second-order valence-corrected chi connectivity index (χ2v) is 17.0. The molecular weight excluding hydrogens is 712 g/mol. The molecule has 16 nitrogen and oxygen atoms in total. The van der Waals surface area contributed by atoms with Gasteiger partial charge in [-0.3, -0.25) is 9.59 Å². The Kier molecular flexibility index (Phi) is 13.9. The van der Waals surface area contributed by atoms with E-state index in [1.54, 1.807) is 61.5 Å². The van der Waals surface area contributed by atoms with Crippen LogP contribution >= 0.6 is 0 Å². The zero-order valence-corrected chi connectivity index (χ0v) is 33.6. The molecule has 304 valence electrons. The van der Waals surface area contributed by atoms with Crippen LogP contribution in [0.4, 0.5) is 10.6 Å². The summed E-state index contributed by atoms with van der Waals surface area (Å²) in [5.41, 5.74) is -4.84. The first kappa shape index (κ1) is 43.4. The molecule has 2 fully saturated rings. The number of fused-ring (bicyclic) bond motifs is 1. The SMILES string of the molecule is CCCCOC(C)(C)C(=O)Nc1ncnn2c([C@]3(C#N)O[C@H](COC(=O)CC4CCCCC4)[C@@H](OC(=O)[C@H](NC(=O)OC(C)(C)C)C(C)(C)C)[C@H]3O)ccc12. The lowest BCUT2D eigenvalue weighted by atomic mass is 9.86. The number of anilines is 1. The van der Waals surface area contributed by atoms with Gasteiger partial charge in [0.1, 0.15) is 54.0 Å². The molecule has 16 heteroatoms. The molecule has 5 atom stereocenters. The number of esters is 2. The van der Waals surface area contributed by atoms with Gasteiger partial charge in [-0.15, -0.1) is 0 Å². The Morgan fingerprint density at radius 3 is 2.40 bits per heavy atom. The van der Waals surface area contributed by atoms with E-state index < -0.39 is 77.1 Å². The Hall–Kier alpha value is -4.33. The van der Waals surface area contributed by atoms with Crippen molar-refractivity contribution in [3.63, 3.8) is 0 Å². The van der Waals surface area contributed by atoms with Gasteiger partial charge in [-0.05, 0) is 77.3 Å². The highest BCUT2D eigenvalue weighted by Gasteiger charge is 2.60. The van der Waals surface area contributed by atoms with Gasteiger partial charge in [-0.1, -0.05) is 53.4 Å². The molecule has 2 amide bonds. The standard InChI is InChI=1S/C39H58N6O10/c1-10-11-19-52-38(8,9)34(49)44-32-25-17-18-27(45(25)42-23-41-32)39(22-40)31(47)29(26(54-39)21-51-28(46)20-24-15-13-12-14-16-24)53-33(48)30(36(2,3)4)43-35(50)55-37(5,6)7/h17-18,23-24,26,29-31,47H,10-16,19-21H2,1-9H3,(H,43,50)(H,41,42,44,49)/t26-,29-,30+,31-,39+/m1/s1. The van der Waals surface area contributed by atoms with Gasteiger partial charge < -0.3 is 39.4 Å². The smallest absolute Gasteiger partial charge is 0.408 e. The fourth-order valence-electron chi connectivity index (χ4n) is 6.67. The van der Waals surface area contributed by atoms with Crippen molar-refractivity contribution in [2.24, 2.45) is 11.3 Å². The highest BCUT2D eigenvalue weighted by Crippen LogP contribution is 2.42. The minimum atomic E-state index is -2.22. The van der Waals surface area contributed by atoms with Crippen LogP contribution < -0.4 is 10.6 Å². The van der Waals surface area contributed by atoms with Gasteiger partial charge in [0.05, 0.1) is 5.69 Å². The number of nitrogens with zero attached hydrogens (tertiary/aromatic N) is 4. The number of nitriles is 1. The van der Waals surface area contributed by atoms with Crippen LogP contribution in [0, 0.1) is 22.7 Å². The van der Waals surface area contributed by atoms with Crippen LogP contribution in [0.2, 0.25) is 0 Å². The minimum absolute atomic E-state index is 0.0326. The molecule has 0 bridgehead atoms. The number of aliphatic hydroxyl groups excluding tert-OH is 1. The maximum absolute atomic E-state index is 13.9. The number of rotatable bonds is 14. The monoisotopic (exact) mass is 770 g/mol. The fourth-order valence-corrected chi connectivity index (χ4v) is 6.67. The zero-order chi connectivity index (χ0) is 40.8. The summed E-state index contributed by atoms with van der Waals surface area (Å²) < 4.78 is 30.3. The lowest BCUT2D eigenvalue weighted by Crippen LogP contribution is -2.53. The van der Waals surface area contributed by atoms with Gasteiger partial charge in [-0.2, -0.15) is 10.4 Å². The maximum Gasteiger partial charge on any atom is 0.408 e. The number of hydrogen-bond acceptors (Lipinski definition) is 13. The number of carbonyl (C=O) groups is 4. The van der Waals surface area contributed by atoms with Crippen LogP contribution in [0.25, 0.3) is 5.52 Å². The van der Waals surface area contributed by atoms with Crippen LogP contribution in [-0.4, -0.2) is 92.4 Å². The van der Waals surface area contributed by atoms with Crippen LogP contribution in [0.1, 0.15) is 119 Å². The lowest BCUT2D eigenvalue weighted by molar-refractivity contribution is -0.164. The summed E-state index contributed by atoms with van der Waals surface area (Å²) in [5.74, 6) is -1.59. The van der Waals surface area contributed by atoms with E-state index in [2.05, 4.69) is 26.8 Å². The van der Waals surface area contributed by atoms with Gasteiger partial charge in [-0.25, -0.2) is 19.1 Å². The molecular formula is C39H58N6O10. The molecule has 1 aliphatic carbocycles. The molecule has 3 heterocycles. The predicted molar refractivity (Wildman–Crippen MR) is 199 cm³/mol. The average molecular weight is 771 g/mol. The number of unbranched alkanes of at least 4 members (excludes halogenated alkanes) is 1. The van der Waals surface area contributed by atoms with Crippen LogP contribution in [0.3, 0.4) is 0 Å². The molecule has 0 aromatic carbocycles. The van der Waals surface area contributed by atoms with E-state index in [-0.39, 0.29) is 29.4 Å². The van der Waals surface area contributed by atoms with E-state index in [9.17, 15) is 29.5 Å². The summed E-state index contributed by atoms with van der Waals surface area (Å²) in [7, 11) is 0. The van der Waals surface area contributed by atoms with Gasteiger partial charge in [0.15, 0.2) is 11.9 Å². The second-order valence-electron chi connectivity index (χ2n) is 17.0. The molecule has 1 aliphatic heterocycles. The predicted octanol–water partition coefficient (Wildman–Crippen LogP) is 5.11. The first-order valence-corrected chi connectivity index (χ1v) is 19.1. The molecule has 0 spiro atoms. The number of carbonyl (C=O) groups excluding carboxylic acids is 4. The number of nitrogens with one attached hydrogen (secondary N) is 2. The van der Waals surface area contributed by atoms with E-state index in [0.29, 0.717) is 6.61 Å². The lowest BCUT2D eigenvalue weighted by Gasteiger charge is -2.32. The van der Waals surface area contributed by atoms with E-state index >= 15 is 0 Å². The van der Waals surface area contributed by atoms with Gasteiger partial charge >= 0.3 is 18.0 Å². The van der Waals surface area contributed by atoms with Crippen molar-refractivity contribution < 1.29 is 48.0 Å². The van der Waals surface area contributed by atoms with Crippen molar-refractivity contribution in [2.75, 3.05) is 18.5 Å². The number of ether oxygens (including phenoxy) is 5. The molecule has 55 heavy (non-hydrogen) atoms. The Balaban J connectivity index is 1.66. The van der Waals surface area contributed by atoms with Crippen LogP contribution in [0.5, 0.6) is 0 Å². The molecule has 2 aromatic rings. The zero-order valence-electron chi connectivity index (χ0n) is 33.6. The quantitative estimate of drug-likeness (QED) is 0.130. The molecule has 3 N–H and O–H groups in total. The summed E-state index contributed by atoms with van der Waals surface area (Å²) in [4.78, 5) is 57.2. The van der Waals surface area contributed by atoms with Crippen molar-refractivity contribution in [1.29, 1.82) is 5.26 Å². The molecule has 4 rings (SSSR count). The number of aromatic nitrogens is 3. The maximum atomic E-state index is 13.9. The number of aliphatic hydroxyl groups is 1. The number of alkyl carbamates (subject to hydrolysis) is 1. The third kappa shape index (κ3) is 10.7. The van der Waals surface area contributed by atoms with Crippen molar-refractivity contribution in [1.82, 2.24) is 19.9 Å². The Labute approximate surface area is 322 Å². The molecule has 1 saturated heterocycles. The summed E-state index contributed by atoms with van der Waals surface area (Å²) in [5, 5.41) is 32.4. The van der Waals surface area contributed by atoms with E-state index in [1.807, 2.05) is 6.92 Å². The highest BCUT2D eigenvalue weighted by atomic mass is 16.6. The van der Waals surface area contributed by atoms with Crippen LogP contribution in [-0.2, 0) is 43.7 Å². The summed E-state index contributed by atoms with van der Waals surface area (Å²) in [6, 6.07) is 3.82. The average Bonchev–Trinajstić information content (AvgIpc) is 3.65. The summed E-state index contributed by atoms with van der Waals surface area (Å²) >= 11 is 0. The van der Waals surface area contributed by atoms with E-state index in [1.165, 1.54) is 16.9 Å². The minimum Gasteiger partial charge on any atom is -0.463 e.